The van der Waals surface area contributed by atoms with Gasteiger partial charge >= 0.3 is 0 Å². The van der Waals surface area contributed by atoms with Gasteiger partial charge in [-0.15, -0.1) is 0 Å². The summed E-state index contributed by atoms with van der Waals surface area (Å²) in [5.41, 5.74) is 0. The second-order valence-electron chi connectivity index (χ2n) is 6.04. The van der Waals surface area contributed by atoms with Gasteiger partial charge in [0, 0.05) is 19.8 Å². The fourth-order valence-corrected chi connectivity index (χ4v) is 2.52. The van der Waals surface area contributed by atoms with Crippen molar-refractivity contribution >= 4 is 0 Å². The highest BCUT2D eigenvalue weighted by Crippen LogP contribution is 2.13. The average molecular weight is 286 g/mol. The summed E-state index contributed by atoms with van der Waals surface area (Å²) in [6.07, 6.45) is 15.2. The highest BCUT2D eigenvalue weighted by Gasteiger charge is 2.05. The second-order valence-corrected chi connectivity index (χ2v) is 6.04. The van der Waals surface area contributed by atoms with E-state index in [1.807, 2.05) is 0 Å². The lowest BCUT2D eigenvalue weighted by Crippen LogP contribution is -2.09. The second kappa shape index (κ2) is 17.0. The molecule has 0 aliphatic carbocycles. The first-order chi connectivity index (χ1) is 9.85. The number of rotatable bonds is 16. The van der Waals surface area contributed by atoms with Gasteiger partial charge in [0.25, 0.3) is 0 Å². The number of aliphatic hydroxyl groups is 1. The summed E-state index contributed by atoms with van der Waals surface area (Å²) >= 11 is 0. The van der Waals surface area contributed by atoms with Gasteiger partial charge in [-0.25, -0.2) is 0 Å². The Morgan fingerprint density at radius 2 is 1.40 bits per heavy atom. The maximum Gasteiger partial charge on any atom is 0.0494 e. The quantitative estimate of drug-likeness (QED) is 0.388. The molecular formula is C18H38O2. The molecule has 0 saturated heterocycles. The zero-order valence-corrected chi connectivity index (χ0v) is 14.0. The van der Waals surface area contributed by atoms with E-state index in [9.17, 15) is 0 Å². The van der Waals surface area contributed by atoms with Crippen LogP contribution in [0.5, 0.6) is 0 Å². The van der Waals surface area contributed by atoms with Crippen molar-refractivity contribution in [2.24, 2.45) is 5.92 Å². The standard InChI is InChI=1S/C18H38O2/c1-3-5-14-18(4-2)17-20-16-13-11-9-7-6-8-10-12-15-19/h18-19H,3-17H2,1-2H3. The fourth-order valence-electron chi connectivity index (χ4n) is 2.52. The van der Waals surface area contributed by atoms with Gasteiger partial charge in [0.15, 0.2) is 0 Å². The third-order valence-corrected chi connectivity index (χ3v) is 4.09. The van der Waals surface area contributed by atoms with E-state index in [1.165, 1.54) is 70.6 Å². The maximum atomic E-state index is 8.68. The van der Waals surface area contributed by atoms with Crippen LogP contribution in [0.2, 0.25) is 0 Å². The smallest absolute Gasteiger partial charge is 0.0494 e. The van der Waals surface area contributed by atoms with Crippen LogP contribution in [0.4, 0.5) is 0 Å². The van der Waals surface area contributed by atoms with Crippen molar-refractivity contribution in [1.29, 1.82) is 0 Å². The summed E-state index contributed by atoms with van der Waals surface area (Å²) < 4.78 is 5.82. The minimum absolute atomic E-state index is 0.356. The Bertz CT molecular complexity index is 171. The molecule has 1 unspecified atom stereocenters. The van der Waals surface area contributed by atoms with Crippen LogP contribution in [-0.2, 0) is 4.74 Å². The summed E-state index contributed by atoms with van der Waals surface area (Å²) in [5, 5.41) is 8.68. The normalized spacial score (nSPS) is 12.8. The molecule has 0 fully saturated rings. The van der Waals surface area contributed by atoms with Gasteiger partial charge in [-0.2, -0.15) is 0 Å². The van der Waals surface area contributed by atoms with Crippen LogP contribution >= 0.6 is 0 Å². The Kier molecular flexibility index (Phi) is 16.9. The predicted molar refractivity (Wildman–Crippen MR) is 88.1 cm³/mol. The number of ether oxygens (including phenoxy) is 1. The van der Waals surface area contributed by atoms with E-state index in [2.05, 4.69) is 13.8 Å². The summed E-state index contributed by atoms with van der Waals surface area (Å²) in [5.74, 6) is 0.779. The molecular weight excluding hydrogens is 248 g/mol. The van der Waals surface area contributed by atoms with Gasteiger partial charge in [0.1, 0.15) is 0 Å². The Labute approximate surface area is 127 Å². The van der Waals surface area contributed by atoms with Crippen LogP contribution in [-0.4, -0.2) is 24.9 Å². The molecule has 0 aliphatic rings. The molecule has 122 valence electrons. The van der Waals surface area contributed by atoms with Gasteiger partial charge < -0.3 is 9.84 Å². The third kappa shape index (κ3) is 14.3. The molecule has 0 aromatic rings. The molecule has 2 nitrogen and oxygen atoms in total. The summed E-state index contributed by atoms with van der Waals surface area (Å²) in [7, 11) is 0. The van der Waals surface area contributed by atoms with E-state index in [1.54, 1.807) is 0 Å². The Balaban J connectivity index is 3.15. The van der Waals surface area contributed by atoms with Crippen LogP contribution in [0, 0.1) is 5.92 Å². The molecule has 20 heavy (non-hydrogen) atoms. The van der Waals surface area contributed by atoms with E-state index in [4.69, 9.17) is 9.84 Å². The number of hydrogen-bond acceptors (Lipinski definition) is 2. The lowest BCUT2D eigenvalue weighted by molar-refractivity contribution is 0.0908. The Morgan fingerprint density at radius 3 is 1.95 bits per heavy atom. The van der Waals surface area contributed by atoms with E-state index in [-0.39, 0.29) is 0 Å². The predicted octanol–water partition coefficient (Wildman–Crippen LogP) is 5.33. The van der Waals surface area contributed by atoms with Crippen LogP contribution < -0.4 is 0 Å². The molecule has 0 amide bonds. The van der Waals surface area contributed by atoms with Crippen LogP contribution in [0.1, 0.15) is 90.9 Å². The molecule has 1 atom stereocenters. The summed E-state index contributed by atoms with van der Waals surface area (Å²) in [6.45, 7) is 6.82. The zero-order chi connectivity index (χ0) is 14.9. The number of unbranched alkanes of at least 4 members (excludes halogenated alkanes) is 8. The zero-order valence-electron chi connectivity index (χ0n) is 14.0. The molecule has 1 N–H and O–H groups in total. The highest BCUT2D eigenvalue weighted by atomic mass is 16.5. The molecule has 0 aromatic carbocycles. The molecule has 0 saturated carbocycles. The Morgan fingerprint density at radius 1 is 0.800 bits per heavy atom. The fraction of sp³-hybridized carbons (Fsp3) is 1.00. The number of hydrogen-bond donors (Lipinski definition) is 1. The van der Waals surface area contributed by atoms with Crippen molar-refractivity contribution < 1.29 is 9.84 Å². The molecule has 0 spiro atoms. The largest absolute Gasteiger partial charge is 0.396 e. The molecule has 2 heteroatoms. The first-order valence-electron chi connectivity index (χ1n) is 9.03. The van der Waals surface area contributed by atoms with Gasteiger partial charge in [0.05, 0.1) is 0 Å². The van der Waals surface area contributed by atoms with E-state index >= 15 is 0 Å². The SMILES string of the molecule is CCCCC(CC)COCCCCCCCCCCO. The van der Waals surface area contributed by atoms with Crippen molar-refractivity contribution in [3.05, 3.63) is 0 Å². The minimum atomic E-state index is 0.356. The number of aliphatic hydroxyl groups excluding tert-OH is 1. The van der Waals surface area contributed by atoms with Crippen LogP contribution in [0.15, 0.2) is 0 Å². The monoisotopic (exact) mass is 286 g/mol. The molecule has 0 aliphatic heterocycles. The van der Waals surface area contributed by atoms with Crippen molar-refractivity contribution in [2.75, 3.05) is 19.8 Å². The van der Waals surface area contributed by atoms with Crippen LogP contribution in [0.3, 0.4) is 0 Å². The summed E-state index contributed by atoms with van der Waals surface area (Å²) in [4.78, 5) is 0. The van der Waals surface area contributed by atoms with Crippen molar-refractivity contribution in [3.63, 3.8) is 0 Å². The van der Waals surface area contributed by atoms with E-state index in [0.29, 0.717) is 6.61 Å². The molecule has 0 bridgehead atoms. The van der Waals surface area contributed by atoms with E-state index in [0.717, 1.165) is 25.6 Å². The maximum absolute atomic E-state index is 8.68. The molecule has 0 heterocycles. The van der Waals surface area contributed by atoms with Crippen LogP contribution in [0.25, 0.3) is 0 Å². The molecule has 0 aromatic heterocycles. The van der Waals surface area contributed by atoms with Gasteiger partial charge in [-0.1, -0.05) is 71.6 Å². The lowest BCUT2D eigenvalue weighted by Gasteiger charge is -2.14. The molecule has 0 radical (unpaired) electrons. The van der Waals surface area contributed by atoms with Gasteiger partial charge in [-0.3, -0.25) is 0 Å². The van der Waals surface area contributed by atoms with Gasteiger partial charge in [-0.05, 0) is 25.2 Å². The first-order valence-corrected chi connectivity index (χ1v) is 9.03. The highest BCUT2D eigenvalue weighted by molar-refractivity contribution is 4.56. The summed E-state index contributed by atoms with van der Waals surface area (Å²) in [6, 6.07) is 0. The van der Waals surface area contributed by atoms with Crippen molar-refractivity contribution in [1.82, 2.24) is 0 Å². The first kappa shape index (κ1) is 19.9. The Hall–Kier alpha value is -0.0800. The third-order valence-electron chi connectivity index (χ3n) is 4.09. The lowest BCUT2D eigenvalue weighted by atomic mass is 10.0. The average Bonchev–Trinajstić information content (AvgIpc) is 2.48. The topological polar surface area (TPSA) is 29.5 Å². The molecule has 0 rings (SSSR count). The van der Waals surface area contributed by atoms with E-state index < -0.39 is 0 Å². The van der Waals surface area contributed by atoms with Gasteiger partial charge in [0.2, 0.25) is 0 Å². The van der Waals surface area contributed by atoms with Crippen molar-refractivity contribution in [3.8, 4) is 0 Å². The minimum Gasteiger partial charge on any atom is -0.396 e. The van der Waals surface area contributed by atoms with Crippen molar-refractivity contribution in [2.45, 2.75) is 90.9 Å².